The van der Waals surface area contributed by atoms with E-state index >= 15 is 0 Å². The molecule has 5 N–H and O–H groups in total. The first-order valence-electron chi connectivity index (χ1n) is 11.4. The predicted molar refractivity (Wildman–Crippen MR) is 145 cm³/mol. The van der Waals surface area contributed by atoms with Crippen LogP contribution >= 0.6 is 23.1 Å². The van der Waals surface area contributed by atoms with Gasteiger partial charge in [-0.25, -0.2) is 4.39 Å². The number of rotatable bonds is 8. The number of carbonyl (C=O) groups is 3. The van der Waals surface area contributed by atoms with Crippen molar-refractivity contribution < 1.29 is 18.8 Å². The summed E-state index contributed by atoms with van der Waals surface area (Å²) in [5.74, 6) is -2.65. The first-order chi connectivity index (χ1) is 18.2. The highest BCUT2D eigenvalue weighted by Crippen LogP contribution is 2.35. The Labute approximate surface area is 227 Å². The molecular weight excluding hydrogens is 529 g/mol. The van der Waals surface area contributed by atoms with Crippen LogP contribution in [0.5, 0.6) is 0 Å². The molecule has 1 aromatic heterocycles. The molecule has 1 atom stereocenters. The number of primary amides is 1. The number of hydrogen-bond acceptors (Lipinski definition) is 6. The number of nitrogens with one attached hydrogen (secondary N) is 1. The van der Waals surface area contributed by atoms with Gasteiger partial charge in [-0.3, -0.25) is 19.3 Å². The molecule has 0 radical (unpaired) electrons. The molecule has 0 aliphatic heterocycles. The number of amides is 3. The summed E-state index contributed by atoms with van der Waals surface area (Å²) >= 11 is 7.08. The van der Waals surface area contributed by atoms with Gasteiger partial charge in [-0.2, -0.15) is 4.37 Å². The number of nitrogen functional groups attached to an aromatic ring is 1. The maximum absolute atomic E-state index is 14.0. The van der Waals surface area contributed by atoms with E-state index in [1.54, 1.807) is 25.1 Å². The fraction of sp³-hybridized carbons (Fsp3) is 0.111. The van der Waals surface area contributed by atoms with Crippen LogP contribution in [-0.2, 0) is 11.3 Å². The zero-order chi connectivity index (χ0) is 27.4. The molecule has 0 aliphatic carbocycles. The van der Waals surface area contributed by atoms with Gasteiger partial charge in [0.1, 0.15) is 16.7 Å². The highest BCUT2D eigenvalue weighted by molar-refractivity contribution is 7.09. The Morgan fingerprint density at radius 3 is 2.37 bits per heavy atom. The molecule has 1 heterocycles. The van der Waals surface area contributed by atoms with E-state index in [9.17, 15) is 18.8 Å². The Kier molecular flexibility index (Phi) is 8.04. The van der Waals surface area contributed by atoms with Crippen molar-refractivity contribution in [2.45, 2.75) is 19.5 Å². The summed E-state index contributed by atoms with van der Waals surface area (Å²) in [6, 6.07) is 18.1. The molecule has 0 aliphatic rings. The Balaban J connectivity index is 1.85. The molecule has 0 saturated carbocycles. The lowest BCUT2D eigenvalue weighted by atomic mass is 10.0. The normalized spacial score (nSPS) is 11.6. The molecule has 3 aromatic carbocycles. The fourth-order valence-corrected chi connectivity index (χ4v) is 4.72. The molecule has 0 spiro atoms. The Morgan fingerprint density at radius 2 is 1.76 bits per heavy atom. The van der Waals surface area contributed by atoms with Gasteiger partial charge in [0.2, 0.25) is 5.91 Å². The fourth-order valence-electron chi connectivity index (χ4n) is 3.80. The summed E-state index contributed by atoms with van der Waals surface area (Å²) in [6.45, 7) is 1.98. The van der Waals surface area contributed by atoms with Crippen molar-refractivity contribution in [1.82, 2.24) is 9.69 Å². The van der Waals surface area contributed by atoms with Crippen LogP contribution in [0, 0.1) is 12.7 Å². The minimum absolute atomic E-state index is 0.0848. The highest BCUT2D eigenvalue weighted by Gasteiger charge is 2.36. The summed E-state index contributed by atoms with van der Waals surface area (Å²) < 4.78 is 17.8. The van der Waals surface area contributed by atoms with E-state index in [0.717, 1.165) is 11.1 Å². The third-order valence-corrected chi connectivity index (χ3v) is 7.07. The molecule has 0 saturated heterocycles. The van der Waals surface area contributed by atoms with Crippen LogP contribution in [0.15, 0.2) is 72.8 Å². The number of benzene rings is 3. The first-order valence-corrected chi connectivity index (χ1v) is 12.5. The number of carbonyl (C=O) groups excluding carboxylic acids is 3. The van der Waals surface area contributed by atoms with Crippen LogP contribution in [0.1, 0.15) is 42.9 Å². The first kappa shape index (κ1) is 26.8. The monoisotopic (exact) mass is 551 g/mol. The highest BCUT2D eigenvalue weighted by atomic mass is 35.5. The molecule has 0 bridgehead atoms. The SMILES string of the molecule is Cc1ccc(N(C(=O)c2snc(C(N)=O)c2N)[C@H](C(=O)NCc2ccccc2)c2ccc(F)cc2)cc1Cl. The van der Waals surface area contributed by atoms with Crippen LogP contribution in [0.2, 0.25) is 5.02 Å². The van der Waals surface area contributed by atoms with E-state index in [4.69, 9.17) is 23.1 Å². The number of hydrogen-bond donors (Lipinski definition) is 3. The standard InChI is InChI=1S/C27H23ClFN5O3S/c1-15-7-12-19(13-20(15)28)34(27(37)24-21(30)22(25(31)35)33-38-24)23(17-8-10-18(29)11-9-17)26(36)32-14-16-5-3-2-4-6-16/h2-13,23H,14,30H2,1H3,(H2,31,35)(H,32,36)/t23-/m0/s1. The second-order valence-corrected chi connectivity index (χ2v) is 9.58. The molecular formula is C27H23ClFN5O3S. The number of nitrogens with two attached hydrogens (primary N) is 2. The van der Waals surface area contributed by atoms with Gasteiger partial charge in [0.05, 0.1) is 5.69 Å². The van der Waals surface area contributed by atoms with Crippen molar-refractivity contribution in [3.8, 4) is 0 Å². The van der Waals surface area contributed by atoms with Gasteiger partial charge in [0, 0.05) is 17.3 Å². The number of anilines is 2. The van der Waals surface area contributed by atoms with Gasteiger partial charge in [-0.15, -0.1) is 0 Å². The smallest absolute Gasteiger partial charge is 0.273 e. The zero-order valence-corrected chi connectivity index (χ0v) is 21.7. The van der Waals surface area contributed by atoms with Crippen molar-refractivity contribution in [3.63, 3.8) is 0 Å². The van der Waals surface area contributed by atoms with E-state index in [0.29, 0.717) is 22.1 Å². The summed E-state index contributed by atoms with van der Waals surface area (Å²) in [7, 11) is 0. The molecule has 38 heavy (non-hydrogen) atoms. The summed E-state index contributed by atoms with van der Waals surface area (Å²) in [5.41, 5.74) is 13.2. The summed E-state index contributed by atoms with van der Waals surface area (Å²) in [5, 5.41) is 3.21. The van der Waals surface area contributed by atoms with Crippen molar-refractivity contribution in [2.24, 2.45) is 5.73 Å². The summed E-state index contributed by atoms with van der Waals surface area (Å²) in [6.07, 6.45) is 0. The number of halogens is 2. The van der Waals surface area contributed by atoms with Gasteiger partial charge < -0.3 is 16.8 Å². The molecule has 0 fully saturated rings. The average molecular weight is 552 g/mol. The number of aryl methyl sites for hydroxylation is 1. The van der Waals surface area contributed by atoms with Crippen molar-refractivity contribution in [1.29, 1.82) is 0 Å². The lowest BCUT2D eigenvalue weighted by molar-refractivity contribution is -0.122. The van der Waals surface area contributed by atoms with Crippen molar-refractivity contribution in [2.75, 3.05) is 10.6 Å². The van der Waals surface area contributed by atoms with E-state index < -0.39 is 29.6 Å². The average Bonchev–Trinajstić information content (AvgIpc) is 3.30. The lowest BCUT2D eigenvalue weighted by Crippen LogP contribution is -2.44. The Bertz CT molecular complexity index is 1490. The lowest BCUT2D eigenvalue weighted by Gasteiger charge is -2.31. The van der Waals surface area contributed by atoms with Gasteiger partial charge in [0.15, 0.2) is 5.69 Å². The molecule has 3 amide bonds. The predicted octanol–water partition coefficient (Wildman–Crippen LogP) is 4.63. The molecule has 8 nitrogen and oxygen atoms in total. The summed E-state index contributed by atoms with van der Waals surface area (Å²) in [4.78, 5) is 40.6. The third kappa shape index (κ3) is 5.66. The largest absolute Gasteiger partial charge is 0.395 e. The number of aromatic nitrogens is 1. The molecule has 4 aromatic rings. The molecule has 0 unspecified atom stereocenters. The van der Waals surface area contributed by atoms with Crippen LogP contribution in [-0.4, -0.2) is 22.1 Å². The quantitative estimate of drug-likeness (QED) is 0.294. The topological polar surface area (TPSA) is 131 Å². The van der Waals surface area contributed by atoms with Crippen LogP contribution < -0.4 is 21.7 Å². The van der Waals surface area contributed by atoms with Crippen LogP contribution in [0.25, 0.3) is 0 Å². The van der Waals surface area contributed by atoms with Gasteiger partial charge in [0.25, 0.3) is 11.8 Å². The van der Waals surface area contributed by atoms with Crippen molar-refractivity contribution in [3.05, 3.63) is 111 Å². The van der Waals surface area contributed by atoms with Gasteiger partial charge >= 0.3 is 0 Å². The Morgan fingerprint density at radius 1 is 1.08 bits per heavy atom. The van der Waals surface area contributed by atoms with E-state index in [1.807, 2.05) is 30.3 Å². The Hall–Kier alpha value is -4.28. The van der Waals surface area contributed by atoms with Crippen LogP contribution in [0.3, 0.4) is 0 Å². The molecule has 194 valence electrons. The van der Waals surface area contributed by atoms with E-state index in [2.05, 4.69) is 9.69 Å². The second kappa shape index (κ2) is 11.4. The number of nitrogens with zero attached hydrogens (tertiary/aromatic N) is 2. The minimum atomic E-state index is -1.26. The maximum atomic E-state index is 14.0. The van der Waals surface area contributed by atoms with E-state index in [1.165, 1.54) is 29.2 Å². The minimum Gasteiger partial charge on any atom is -0.395 e. The van der Waals surface area contributed by atoms with E-state index in [-0.39, 0.29) is 28.5 Å². The van der Waals surface area contributed by atoms with Crippen molar-refractivity contribution >= 4 is 52.2 Å². The molecule has 11 heteroatoms. The van der Waals surface area contributed by atoms with Crippen LogP contribution in [0.4, 0.5) is 15.8 Å². The third-order valence-electron chi connectivity index (χ3n) is 5.81. The maximum Gasteiger partial charge on any atom is 0.273 e. The second-order valence-electron chi connectivity index (χ2n) is 8.40. The van der Waals surface area contributed by atoms with Gasteiger partial charge in [-0.1, -0.05) is 60.1 Å². The van der Waals surface area contributed by atoms with Gasteiger partial charge in [-0.05, 0) is 59.4 Å². The zero-order valence-electron chi connectivity index (χ0n) is 20.2. The molecule has 4 rings (SSSR count).